The van der Waals surface area contributed by atoms with Crippen molar-refractivity contribution < 1.29 is 24.2 Å². The number of rotatable bonds is 9. The molecule has 0 heterocycles. The molecule has 0 spiro atoms. The Hall–Kier alpha value is -3.61. The maximum absolute atomic E-state index is 12.3. The van der Waals surface area contributed by atoms with E-state index < -0.39 is 24.0 Å². The van der Waals surface area contributed by atoms with Gasteiger partial charge in [-0.3, -0.25) is 4.79 Å². The summed E-state index contributed by atoms with van der Waals surface area (Å²) in [5, 5.41) is 14.4. The first-order valence-corrected chi connectivity index (χ1v) is 11.1. The van der Waals surface area contributed by atoms with Crippen molar-refractivity contribution in [2.75, 3.05) is 13.2 Å². The third kappa shape index (κ3) is 6.00. The zero-order valence-corrected chi connectivity index (χ0v) is 19.1. The Morgan fingerprint density at radius 1 is 1.03 bits per heavy atom. The summed E-state index contributed by atoms with van der Waals surface area (Å²) in [6.07, 6.45) is 1.29. The smallest absolute Gasteiger partial charge is 0.407 e. The molecule has 0 radical (unpaired) electrons. The highest BCUT2D eigenvalue weighted by Gasteiger charge is 2.29. The Bertz CT molecular complexity index is 1010. The number of ether oxygens (including phenoxy) is 1. The fraction of sp³-hybridized carbons (Fsp3) is 0.346. The van der Waals surface area contributed by atoms with Crippen LogP contribution in [-0.4, -0.2) is 42.3 Å². The summed E-state index contributed by atoms with van der Waals surface area (Å²) < 4.78 is 5.46. The molecule has 1 aliphatic carbocycles. The van der Waals surface area contributed by atoms with Crippen LogP contribution in [0.3, 0.4) is 0 Å². The van der Waals surface area contributed by atoms with E-state index in [2.05, 4.69) is 34.9 Å². The molecule has 0 saturated carbocycles. The Kier molecular flexibility index (Phi) is 7.87. The van der Waals surface area contributed by atoms with Crippen LogP contribution >= 0.6 is 0 Å². The van der Waals surface area contributed by atoms with E-state index in [4.69, 9.17) is 4.74 Å². The van der Waals surface area contributed by atoms with Gasteiger partial charge in [0.15, 0.2) is 0 Å². The predicted molar refractivity (Wildman–Crippen MR) is 126 cm³/mol. The van der Waals surface area contributed by atoms with Crippen LogP contribution in [0.15, 0.2) is 60.2 Å². The first-order valence-electron chi connectivity index (χ1n) is 11.1. The number of alkyl carbamates (subject to hydrolysis) is 1. The molecule has 3 rings (SSSR count). The van der Waals surface area contributed by atoms with E-state index in [1.54, 1.807) is 6.92 Å². The van der Waals surface area contributed by atoms with Gasteiger partial charge in [-0.05, 0) is 41.5 Å². The van der Waals surface area contributed by atoms with Gasteiger partial charge >= 0.3 is 12.1 Å². The normalized spacial score (nSPS) is 13.8. The van der Waals surface area contributed by atoms with Crippen molar-refractivity contribution in [3.8, 4) is 11.1 Å². The van der Waals surface area contributed by atoms with Gasteiger partial charge in [0, 0.05) is 18.0 Å². The quantitative estimate of drug-likeness (QED) is 0.499. The molecule has 2 aromatic carbocycles. The van der Waals surface area contributed by atoms with E-state index in [0.29, 0.717) is 12.0 Å². The maximum Gasteiger partial charge on any atom is 0.407 e. The standard InChI is InChI=1S/C26H30N2O5/c1-16(2)14-23(25(30)31)28-24(29)17(3)12-13-27-26(32)33-15-22-20-10-6-4-8-18(20)19-9-5-7-11-21(19)22/h4-12,16,22-23H,13-15H2,1-3H3,(H,27,32)(H,28,29)(H,30,31)/b17-12+/t23-/m0/s1. The first-order chi connectivity index (χ1) is 15.8. The average molecular weight is 451 g/mol. The van der Waals surface area contributed by atoms with Crippen LogP contribution in [-0.2, 0) is 14.3 Å². The van der Waals surface area contributed by atoms with Crippen molar-refractivity contribution in [1.82, 2.24) is 10.6 Å². The minimum absolute atomic E-state index is 0.0277. The molecule has 7 heteroatoms. The molecule has 0 bridgehead atoms. The monoisotopic (exact) mass is 450 g/mol. The van der Waals surface area contributed by atoms with Crippen molar-refractivity contribution in [3.63, 3.8) is 0 Å². The Morgan fingerprint density at radius 3 is 2.15 bits per heavy atom. The number of nitrogens with one attached hydrogen (secondary N) is 2. The van der Waals surface area contributed by atoms with Gasteiger partial charge in [0.1, 0.15) is 12.6 Å². The number of fused-ring (bicyclic) bond motifs is 3. The molecule has 0 fully saturated rings. The largest absolute Gasteiger partial charge is 0.480 e. The van der Waals surface area contributed by atoms with Gasteiger partial charge in [-0.2, -0.15) is 0 Å². The molecule has 0 saturated heterocycles. The molecule has 33 heavy (non-hydrogen) atoms. The zero-order chi connectivity index (χ0) is 24.0. The van der Waals surface area contributed by atoms with Gasteiger partial charge in [-0.1, -0.05) is 68.5 Å². The van der Waals surface area contributed by atoms with Crippen molar-refractivity contribution >= 4 is 18.0 Å². The second kappa shape index (κ2) is 10.8. The summed E-state index contributed by atoms with van der Waals surface area (Å²) in [7, 11) is 0. The molecule has 0 aromatic heterocycles. The Labute approximate surface area is 193 Å². The third-order valence-electron chi connectivity index (χ3n) is 5.67. The topological polar surface area (TPSA) is 105 Å². The maximum atomic E-state index is 12.3. The molecule has 1 atom stereocenters. The van der Waals surface area contributed by atoms with Crippen molar-refractivity contribution in [2.45, 2.75) is 39.2 Å². The fourth-order valence-corrected chi connectivity index (χ4v) is 3.99. The van der Waals surface area contributed by atoms with E-state index in [9.17, 15) is 19.5 Å². The molecular weight excluding hydrogens is 420 g/mol. The van der Waals surface area contributed by atoms with Crippen LogP contribution < -0.4 is 10.6 Å². The summed E-state index contributed by atoms with van der Waals surface area (Å²) in [5.74, 6) is -1.44. The molecule has 0 unspecified atom stereocenters. The third-order valence-corrected chi connectivity index (χ3v) is 5.67. The molecule has 7 nitrogen and oxygen atoms in total. The van der Waals surface area contributed by atoms with Gasteiger partial charge in [-0.25, -0.2) is 9.59 Å². The lowest BCUT2D eigenvalue weighted by atomic mass is 9.98. The Morgan fingerprint density at radius 2 is 1.61 bits per heavy atom. The van der Waals surface area contributed by atoms with Gasteiger partial charge in [-0.15, -0.1) is 0 Å². The van der Waals surface area contributed by atoms with Crippen LogP contribution in [0.4, 0.5) is 4.79 Å². The molecule has 0 aliphatic heterocycles. The van der Waals surface area contributed by atoms with E-state index >= 15 is 0 Å². The lowest BCUT2D eigenvalue weighted by Crippen LogP contribution is -2.42. The second-order valence-electron chi connectivity index (χ2n) is 8.59. The van der Waals surface area contributed by atoms with Crippen LogP contribution in [0.5, 0.6) is 0 Å². The number of carbonyl (C=O) groups is 3. The van der Waals surface area contributed by atoms with Crippen LogP contribution in [0.25, 0.3) is 11.1 Å². The number of amides is 2. The van der Waals surface area contributed by atoms with E-state index in [1.165, 1.54) is 6.08 Å². The van der Waals surface area contributed by atoms with Crippen molar-refractivity contribution in [3.05, 3.63) is 71.3 Å². The molecule has 2 amide bonds. The van der Waals surface area contributed by atoms with Crippen LogP contribution in [0.1, 0.15) is 44.2 Å². The van der Waals surface area contributed by atoms with E-state index in [-0.39, 0.29) is 25.0 Å². The number of benzene rings is 2. The van der Waals surface area contributed by atoms with Crippen molar-refractivity contribution in [2.24, 2.45) is 5.92 Å². The van der Waals surface area contributed by atoms with Gasteiger partial charge in [0.25, 0.3) is 0 Å². The number of aliphatic carboxylic acids is 1. The molecular formula is C26H30N2O5. The number of carbonyl (C=O) groups excluding carboxylic acids is 2. The SMILES string of the molecule is C/C(=C\CNC(=O)OCC1c2ccccc2-c2ccccc21)C(=O)N[C@@H](CC(C)C)C(=O)O. The molecule has 3 N–H and O–H groups in total. The minimum atomic E-state index is -1.07. The molecule has 2 aromatic rings. The van der Waals surface area contributed by atoms with Gasteiger partial charge in [0.05, 0.1) is 0 Å². The number of carboxylic acids is 1. The van der Waals surface area contributed by atoms with Gasteiger partial charge in [0.2, 0.25) is 5.91 Å². The molecule has 1 aliphatic rings. The van der Waals surface area contributed by atoms with Crippen molar-refractivity contribution in [1.29, 1.82) is 0 Å². The first kappa shape index (κ1) is 24.0. The number of hydrogen-bond donors (Lipinski definition) is 3. The lowest BCUT2D eigenvalue weighted by molar-refractivity contribution is -0.141. The van der Waals surface area contributed by atoms with Gasteiger partial charge < -0.3 is 20.5 Å². The summed E-state index contributed by atoms with van der Waals surface area (Å²) in [6, 6.07) is 15.3. The summed E-state index contributed by atoms with van der Waals surface area (Å²) in [4.78, 5) is 35.8. The minimum Gasteiger partial charge on any atom is -0.480 e. The average Bonchev–Trinajstić information content (AvgIpc) is 3.10. The summed E-state index contributed by atoms with van der Waals surface area (Å²) in [5.41, 5.74) is 4.90. The van der Waals surface area contributed by atoms with Crippen LogP contribution in [0.2, 0.25) is 0 Å². The highest BCUT2D eigenvalue weighted by atomic mass is 16.5. The summed E-state index contributed by atoms with van der Waals surface area (Å²) in [6.45, 7) is 5.66. The Balaban J connectivity index is 1.51. The zero-order valence-electron chi connectivity index (χ0n) is 19.1. The van der Waals surface area contributed by atoms with E-state index in [1.807, 2.05) is 38.1 Å². The predicted octanol–water partition coefficient (Wildman–Crippen LogP) is 4.09. The molecule has 174 valence electrons. The number of carboxylic acid groups (broad SMARTS) is 1. The fourth-order valence-electron chi connectivity index (χ4n) is 3.99. The van der Waals surface area contributed by atoms with E-state index in [0.717, 1.165) is 22.3 Å². The van der Waals surface area contributed by atoms with Crippen LogP contribution in [0, 0.1) is 5.92 Å². The highest BCUT2D eigenvalue weighted by molar-refractivity contribution is 5.95. The summed E-state index contributed by atoms with van der Waals surface area (Å²) >= 11 is 0. The number of hydrogen-bond acceptors (Lipinski definition) is 4. The lowest BCUT2D eigenvalue weighted by Gasteiger charge is -2.16. The highest BCUT2D eigenvalue weighted by Crippen LogP contribution is 2.44. The second-order valence-corrected chi connectivity index (χ2v) is 8.59.